The number of anilines is 1. The molecule has 0 bridgehead atoms. The summed E-state index contributed by atoms with van der Waals surface area (Å²) in [6.07, 6.45) is 0.973. The van der Waals surface area contributed by atoms with Crippen LogP contribution in [0.15, 0.2) is 48.5 Å². The van der Waals surface area contributed by atoms with Crippen molar-refractivity contribution in [2.75, 3.05) is 18.0 Å². The Morgan fingerprint density at radius 3 is 2.60 bits per heavy atom. The molecule has 25 heavy (non-hydrogen) atoms. The largest absolute Gasteiger partial charge is 0.355 e. The summed E-state index contributed by atoms with van der Waals surface area (Å²) in [6, 6.07) is 15.0. The van der Waals surface area contributed by atoms with Crippen LogP contribution in [-0.4, -0.2) is 24.9 Å². The van der Waals surface area contributed by atoms with Crippen LogP contribution in [0, 0.1) is 5.92 Å². The van der Waals surface area contributed by atoms with Crippen molar-refractivity contribution in [1.82, 2.24) is 5.32 Å². The van der Waals surface area contributed by atoms with Crippen molar-refractivity contribution in [3.05, 3.63) is 64.1 Å². The minimum Gasteiger partial charge on any atom is -0.355 e. The van der Waals surface area contributed by atoms with Gasteiger partial charge in [-0.05, 0) is 30.2 Å². The van der Waals surface area contributed by atoms with Crippen LogP contribution in [0.2, 0.25) is 10.0 Å². The molecule has 0 aromatic heterocycles. The molecule has 2 amide bonds. The minimum absolute atomic E-state index is 0.0819. The van der Waals surface area contributed by atoms with E-state index in [0.29, 0.717) is 28.8 Å². The molecule has 3 rings (SSSR count). The number of hydrogen-bond acceptors (Lipinski definition) is 2. The van der Waals surface area contributed by atoms with Gasteiger partial charge in [0.05, 0.1) is 16.0 Å². The van der Waals surface area contributed by atoms with Crippen molar-refractivity contribution in [1.29, 1.82) is 0 Å². The highest BCUT2D eigenvalue weighted by Gasteiger charge is 2.35. The molecule has 130 valence electrons. The molecule has 2 aromatic carbocycles. The van der Waals surface area contributed by atoms with Crippen LogP contribution < -0.4 is 10.2 Å². The van der Waals surface area contributed by atoms with E-state index in [1.807, 2.05) is 30.3 Å². The number of benzene rings is 2. The second kappa shape index (κ2) is 7.89. The Hall–Kier alpha value is -2.04. The van der Waals surface area contributed by atoms with Gasteiger partial charge in [-0.1, -0.05) is 53.5 Å². The molecule has 0 radical (unpaired) electrons. The van der Waals surface area contributed by atoms with Gasteiger partial charge in [-0.3, -0.25) is 9.59 Å². The Balaban J connectivity index is 1.56. The summed E-state index contributed by atoms with van der Waals surface area (Å²) in [7, 11) is 0. The van der Waals surface area contributed by atoms with Gasteiger partial charge in [-0.25, -0.2) is 0 Å². The average molecular weight is 377 g/mol. The van der Waals surface area contributed by atoms with Crippen molar-refractivity contribution in [2.24, 2.45) is 5.92 Å². The summed E-state index contributed by atoms with van der Waals surface area (Å²) in [5, 5.41) is 3.75. The SMILES string of the molecule is O=C(NCCc1ccccc1)C1CC(=O)N(c2ccc(Cl)c(Cl)c2)C1. The van der Waals surface area contributed by atoms with E-state index in [0.717, 1.165) is 6.42 Å². The van der Waals surface area contributed by atoms with Crippen LogP contribution in [0.4, 0.5) is 5.69 Å². The van der Waals surface area contributed by atoms with Gasteiger partial charge < -0.3 is 10.2 Å². The van der Waals surface area contributed by atoms with Gasteiger partial charge in [-0.2, -0.15) is 0 Å². The number of halogens is 2. The van der Waals surface area contributed by atoms with Gasteiger partial charge in [0.25, 0.3) is 0 Å². The molecule has 0 aliphatic carbocycles. The summed E-state index contributed by atoms with van der Waals surface area (Å²) in [4.78, 5) is 26.2. The third kappa shape index (κ3) is 4.33. The summed E-state index contributed by atoms with van der Waals surface area (Å²) < 4.78 is 0. The molecule has 1 fully saturated rings. The maximum Gasteiger partial charge on any atom is 0.227 e. The number of amides is 2. The second-order valence-electron chi connectivity index (χ2n) is 6.03. The smallest absolute Gasteiger partial charge is 0.227 e. The Morgan fingerprint density at radius 2 is 1.88 bits per heavy atom. The van der Waals surface area contributed by atoms with Crippen LogP contribution in [0.5, 0.6) is 0 Å². The Bertz CT molecular complexity index is 780. The normalized spacial score (nSPS) is 17.0. The van der Waals surface area contributed by atoms with Crippen molar-refractivity contribution in [2.45, 2.75) is 12.8 Å². The lowest BCUT2D eigenvalue weighted by Gasteiger charge is -2.17. The second-order valence-corrected chi connectivity index (χ2v) is 6.84. The molecule has 1 saturated heterocycles. The number of nitrogens with zero attached hydrogens (tertiary/aromatic N) is 1. The van der Waals surface area contributed by atoms with Crippen molar-refractivity contribution in [3.8, 4) is 0 Å². The zero-order valence-electron chi connectivity index (χ0n) is 13.5. The predicted octanol–water partition coefficient (Wildman–Crippen LogP) is 3.71. The highest BCUT2D eigenvalue weighted by atomic mass is 35.5. The van der Waals surface area contributed by atoms with Gasteiger partial charge in [-0.15, -0.1) is 0 Å². The molecule has 4 nitrogen and oxygen atoms in total. The summed E-state index contributed by atoms with van der Waals surface area (Å²) in [5.41, 5.74) is 1.83. The number of carbonyl (C=O) groups is 2. The first-order chi connectivity index (χ1) is 12.0. The van der Waals surface area contributed by atoms with Crippen molar-refractivity contribution >= 4 is 40.7 Å². The van der Waals surface area contributed by atoms with Crippen LogP contribution in [0.25, 0.3) is 0 Å². The van der Waals surface area contributed by atoms with Crippen molar-refractivity contribution in [3.63, 3.8) is 0 Å². The molecule has 0 spiro atoms. The Kier molecular flexibility index (Phi) is 5.61. The van der Waals surface area contributed by atoms with E-state index < -0.39 is 0 Å². The topological polar surface area (TPSA) is 49.4 Å². The molecule has 0 saturated carbocycles. The lowest BCUT2D eigenvalue weighted by atomic mass is 10.1. The molecular formula is C19H18Cl2N2O2. The van der Waals surface area contributed by atoms with E-state index >= 15 is 0 Å². The molecule has 1 unspecified atom stereocenters. The van der Waals surface area contributed by atoms with Gasteiger partial charge in [0.2, 0.25) is 11.8 Å². The third-order valence-corrected chi connectivity index (χ3v) is 5.01. The average Bonchev–Trinajstić information content (AvgIpc) is 3.00. The third-order valence-electron chi connectivity index (χ3n) is 4.27. The maximum atomic E-state index is 12.3. The van der Waals surface area contributed by atoms with Gasteiger partial charge >= 0.3 is 0 Å². The molecule has 2 aromatic rings. The Morgan fingerprint density at radius 1 is 1.12 bits per heavy atom. The number of carbonyl (C=O) groups excluding carboxylic acids is 2. The first kappa shape index (κ1) is 17.8. The summed E-state index contributed by atoms with van der Waals surface area (Å²) in [5.74, 6) is -0.522. The standard InChI is InChI=1S/C19H18Cl2N2O2/c20-16-7-6-15(11-17(16)21)23-12-14(10-18(23)24)19(25)22-9-8-13-4-2-1-3-5-13/h1-7,11,14H,8-10,12H2,(H,22,25). The lowest BCUT2D eigenvalue weighted by molar-refractivity contribution is -0.126. The van der Waals surface area contributed by atoms with Crippen LogP contribution >= 0.6 is 23.2 Å². The fourth-order valence-electron chi connectivity index (χ4n) is 2.90. The predicted molar refractivity (Wildman–Crippen MR) is 100 cm³/mol. The van der Waals surface area contributed by atoms with Crippen LogP contribution in [0.3, 0.4) is 0 Å². The fraction of sp³-hybridized carbons (Fsp3) is 0.263. The van der Waals surface area contributed by atoms with Crippen molar-refractivity contribution < 1.29 is 9.59 Å². The molecule has 1 aliphatic rings. The lowest BCUT2D eigenvalue weighted by Crippen LogP contribution is -2.34. The van der Waals surface area contributed by atoms with E-state index in [4.69, 9.17) is 23.2 Å². The first-order valence-corrected chi connectivity index (χ1v) is 8.87. The molecule has 1 aliphatic heterocycles. The van der Waals surface area contributed by atoms with E-state index in [2.05, 4.69) is 5.32 Å². The van der Waals surface area contributed by atoms with E-state index in [1.165, 1.54) is 5.56 Å². The zero-order valence-corrected chi connectivity index (χ0v) is 15.1. The molecule has 1 heterocycles. The summed E-state index contributed by atoms with van der Waals surface area (Å²) >= 11 is 11.9. The van der Waals surface area contributed by atoms with Crippen LogP contribution in [0.1, 0.15) is 12.0 Å². The quantitative estimate of drug-likeness (QED) is 0.864. The molecule has 1 atom stereocenters. The van der Waals surface area contributed by atoms with E-state index in [9.17, 15) is 9.59 Å². The van der Waals surface area contributed by atoms with E-state index in [1.54, 1.807) is 23.1 Å². The van der Waals surface area contributed by atoms with E-state index in [-0.39, 0.29) is 24.2 Å². The first-order valence-electron chi connectivity index (χ1n) is 8.11. The molecule has 1 N–H and O–H groups in total. The molecular weight excluding hydrogens is 359 g/mol. The van der Waals surface area contributed by atoms with Crippen LogP contribution in [-0.2, 0) is 16.0 Å². The van der Waals surface area contributed by atoms with Gasteiger partial charge in [0.1, 0.15) is 0 Å². The number of rotatable bonds is 5. The molecule has 6 heteroatoms. The zero-order chi connectivity index (χ0) is 17.8. The Labute approximate surface area is 156 Å². The van der Waals surface area contributed by atoms with Gasteiger partial charge in [0.15, 0.2) is 0 Å². The highest BCUT2D eigenvalue weighted by Crippen LogP contribution is 2.31. The summed E-state index contributed by atoms with van der Waals surface area (Å²) in [6.45, 7) is 0.911. The number of hydrogen-bond donors (Lipinski definition) is 1. The monoisotopic (exact) mass is 376 g/mol. The maximum absolute atomic E-state index is 12.3. The van der Waals surface area contributed by atoms with Gasteiger partial charge in [0, 0.05) is 25.2 Å². The number of nitrogens with one attached hydrogen (secondary N) is 1. The minimum atomic E-state index is -0.349. The highest BCUT2D eigenvalue weighted by molar-refractivity contribution is 6.42. The fourth-order valence-corrected chi connectivity index (χ4v) is 3.20.